The second-order valence-corrected chi connectivity index (χ2v) is 27.7. The van der Waals surface area contributed by atoms with Gasteiger partial charge in [0.25, 0.3) is 22.2 Å². The average molecular weight is 1670 g/mol. The Kier molecular flexibility index (Phi) is 32.3. The molecule has 34 heteroatoms. The number of amides is 8. The molecule has 8 amide bonds. The molecule has 0 aliphatic carbocycles. The lowest BCUT2D eigenvalue weighted by Crippen LogP contribution is -2.49. The number of hydrogen-bond acceptors (Lipinski definition) is 21. The highest BCUT2D eigenvalue weighted by molar-refractivity contribution is 6.31. The zero-order valence-electron chi connectivity index (χ0n) is 67.5. The van der Waals surface area contributed by atoms with Gasteiger partial charge >= 0.3 is 0 Å². The number of ether oxygens (including phenoxy) is 4. The molecule has 12 aromatic rings. The van der Waals surface area contributed by atoms with Crippen molar-refractivity contribution in [1.29, 1.82) is 0 Å². The van der Waals surface area contributed by atoms with Gasteiger partial charge in [-0.05, 0) is 135 Å². The number of carbonyl (C=O) groups excluding carboxylic acids is 8. The summed E-state index contributed by atoms with van der Waals surface area (Å²) in [7, 11) is 4.66. The Morgan fingerprint density at radius 1 is 0.388 bits per heavy atom. The van der Waals surface area contributed by atoms with Gasteiger partial charge < -0.3 is 66.0 Å². The Bertz CT molecular complexity index is 5970. The summed E-state index contributed by atoms with van der Waals surface area (Å²) >= 11 is 6.06. The quantitative estimate of drug-likeness (QED) is 0.0237. The van der Waals surface area contributed by atoms with Gasteiger partial charge in [0.15, 0.2) is 0 Å². The van der Waals surface area contributed by atoms with Crippen LogP contribution in [0.4, 0.5) is 22.7 Å². The third kappa shape index (κ3) is 25.4. The number of halogens is 1. The first-order valence-corrected chi connectivity index (χ1v) is 39.0. The van der Waals surface area contributed by atoms with E-state index in [1.807, 2.05) is 74.2 Å². The number of rotatable bonds is 29. The lowest BCUT2D eigenvalue weighted by atomic mass is 10.2. The molecule has 4 aromatic heterocycles. The molecule has 1 aliphatic heterocycles. The largest absolute Gasteiger partial charge is 0.497 e. The molecule has 13 rings (SSSR count). The van der Waals surface area contributed by atoms with Crippen molar-refractivity contribution in [3.63, 3.8) is 0 Å². The summed E-state index contributed by atoms with van der Waals surface area (Å²) in [6.45, 7) is 8.88. The number of aryl methyl sites for hydroxylation is 2. The van der Waals surface area contributed by atoms with Crippen LogP contribution in [0.2, 0.25) is 5.02 Å². The zero-order valence-corrected chi connectivity index (χ0v) is 68.2. The van der Waals surface area contributed by atoms with Gasteiger partial charge in [-0.3, -0.25) is 75.8 Å². The van der Waals surface area contributed by atoms with Crippen LogP contribution in [0.1, 0.15) is 43.7 Å². The van der Waals surface area contributed by atoms with E-state index in [0.717, 1.165) is 35.7 Å². The number of piperazine rings is 1. The van der Waals surface area contributed by atoms with E-state index in [2.05, 4.69) is 62.1 Å². The smallest absolute Gasteiger partial charge is 0.261 e. The Morgan fingerprint density at radius 3 is 1.16 bits per heavy atom. The van der Waals surface area contributed by atoms with Crippen LogP contribution in [0.25, 0.3) is 43.6 Å². The van der Waals surface area contributed by atoms with E-state index < -0.39 is 0 Å². The maximum absolute atomic E-state index is 12.5. The number of aromatic nitrogens is 8. The van der Waals surface area contributed by atoms with Gasteiger partial charge in [0.1, 0.15) is 49.2 Å². The zero-order chi connectivity index (χ0) is 86.3. The van der Waals surface area contributed by atoms with Crippen LogP contribution in [0.3, 0.4) is 0 Å². The summed E-state index contributed by atoms with van der Waals surface area (Å²) in [6.07, 6.45) is 5.87. The van der Waals surface area contributed by atoms with Crippen LogP contribution in [0, 0.1) is 13.8 Å². The van der Waals surface area contributed by atoms with Crippen LogP contribution >= 0.6 is 11.6 Å². The second-order valence-electron chi connectivity index (χ2n) is 27.3. The summed E-state index contributed by atoms with van der Waals surface area (Å²) in [5.74, 6) is 0.189. The van der Waals surface area contributed by atoms with E-state index in [0.29, 0.717) is 103 Å². The van der Waals surface area contributed by atoms with E-state index in [1.165, 1.54) is 57.8 Å². The average Bonchev–Trinajstić information content (AvgIpc) is 0.822. The van der Waals surface area contributed by atoms with Crippen molar-refractivity contribution < 1.29 is 57.3 Å². The number of nitrogens with zero attached hydrogens (tertiary/aromatic N) is 10. The maximum atomic E-state index is 12.5. The van der Waals surface area contributed by atoms with Crippen molar-refractivity contribution in [3.8, 4) is 23.0 Å². The normalized spacial score (nSPS) is 11.4. The van der Waals surface area contributed by atoms with Crippen molar-refractivity contribution in [1.82, 2.24) is 64.4 Å². The highest BCUT2D eigenvalue weighted by Gasteiger charge is 2.23. The number of carbonyl (C=O) groups is 8. The molecular weight excluding hydrogens is 1570 g/mol. The highest BCUT2D eigenvalue weighted by Crippen LogP contribution is 2.32. The summed E-state index contributed by atoms with van der Waals surface area (Å²) in [4.78, 5) is 168. The number of anilines is 4. The monoisotopic (exact) mass is 1670 g/mol. The molecule has 1 aliphatic rings. The molecule has 0 saturated carbocycles. The molecule has 1 fully saturated rings. The van der Waals surface area contributed by atoms with E-state index in [9.17, 15) is 57.5 Å². The molecule has 121 heavy (non-hydrogen) atoms. The van der Waals surface area contributed by atoms with Gasteiger partial charge in [0.05, 0.1) is 114 Å². The number of nitrogens with one attached hydrogen (secondary N) is 7. The summed E-state index contributed by atoms with van der Waals surface area (Å²) in [5, 5.41) is 21.3. The topological polar surface area (TPSA) is 404 Å². The van der Waals surface area contributed by atoms with E-state index in [-0.39, 0.29) is 148 Å². The summed E-state index contributed by atoms with van der Waals surface area (Å²) < 4.78 is 26.1. The van der Waals surface area contributed by atoms with Crippen LogP contribution in [-0.2, 0) is 64.5 Å². The van der Waals surface area contributed by atoms with Crippen molar-refractivity contribution in [2.24, 2.45) is 0 Å². The van der Waals surface area contributed by atoms with Crippen molar-refractivity contribution >= 4 is 125 Å². The molecular formula is C87H92ClN17O16. The number of hydrogen-bond donors (Lipinski definition) is 7. The first-order chi connectivity index (χ1) is 58.5. The van der Waals surface area contributed by atoms with Crippen LogP contribution in [0.15, 0.2) is 220 Å². The minimum atomic E-state index is -0.387. The fourth-order valence-electron chi connectivity index (χ4n) is 12.5. The number of fused-ring (bicyclic) bond motifs is 4. The lowest BCUT2D eigenvalue weighted by molar-refractivity contribution is -0.131. The Balaban J connectivity index is 0.000000170. The molecule has 0 atom stereocenters. The SMILES string of the molecule is CCOc1ccccc1NC(=O)CCNC(=O)Cn1cnc2ccccc2c1=O.COc1cc(Cl)c(C)cc1NC(=O)CCNC(=O)Cn1cnc2ccccc2c1=O.COc1ccc(C)cc1NC(=O)CCNC(=O)Cn1cnc2ccccc2c1=O.COc1ccc(N2CCN(C(=O)CCNC(=O)Cn3cnc4ccccc4c3=O)CC2)cc1. The van der Waals surface area contributed by atoms with Gasteiger partial charge in [-0.25, -0.2) is 19.9 Å². The minimum absolute atomic E-state index is 0.00854. The van der Waals surface area contributed by atoms with Gasteiger partial charge in [-0.2, -0.15) is 0 Å². The van der Waals surface area contributed by atoms with E-state index in [4.69, 9.17) is 30.5 Å². The van der Waals surface area contributed by atoms with Crippen LogP contribution in [0.5, 0.6) is 23.0 Å². The molecule has 0 bridgehead atoms. The third-order valence-corrected chi connectivity index (χ3v) is 19.2. The first-order valence-electron chi connectivity index (χ1n) is 38.6. The molecule has 0 radical (unpaired) electrons. The molecule has 8 aromatic carbocycles. The van der Waals surface area contributed by atoms with E-state index in [1.54, 1.807) is 135 Å². The van der Waals surface area contributed by atoms with Gasteiger partial charge in [-0.15, -0.1) is 0 Å². The summed E-state index contributed by atoms with van der Waals surface area (Å²) in [6, 6.07) is 51.7. The highest BCUT2D eigenvalue weighted by atomic mass is 35.5. The van der Waals surface area contributed by atoms with Gasteiger partial charge in [-0.1, -0.05) is 78.3 Å². The number of benzene rings is 8. The second kappa shape index (κ2) is 44.1. The fraction of sp³-hybridized carbons (Fsp3) is 0.264. The van der Waals surface area contributed by atoms with E-state index >= 15 is 0 Å². The predicted octanol–water partition coefficient (Wildman–Crippen LogP) is 7.57. The molecule has 0 spiro atoms. The maximum Gasteiger partial charge on any atom is 0.261 e. The lowest BCUT2D eigenvalue weighted by Gasteiger charge is -2.36. The Labute approximate surface area is 699 Å². The predicted molar refractivity (Wildman–Crippen MR) is 460 cm³/mol. The minimum Gasteiger partial charge on any atom is -0.497 e. The van der Waals surface area contributed by atoms with Gasteiger partial charge in [0, 0.05) is 94.8 Å². The molecule has 5 heterocycles. The Morgan fingerprint density at radius 2 is 0.760 bits per heavy atom. The first kappa shape index (κ1) is 88.7. The molecule has 0 unspecified atom stereocenters. The third-order valence-electron chi connectivity index (χ3n) is 18.8. The van der Waals surface area contributed by atoms with Crippen LogP contribution < -0.4 is 83.3 Å². The number of para-hydroxylation sites is 6. The summed E-state index contributed by atoms with van der Waals surface area (Å²) in [5.41, 5.74) is 5.77. The molecule has 628 valence electrons. The van der Waals surface area contributed by atoms with Crippen molar-refractivity contribution in [2.45, 2.75) is 72.6 Å². The number of methoxy groups -OCH3 is 3. The van der Waals surface area contributed by atoms with Crippen molar-refractivity contribution in [2.75, 3.05) is 101 Å². The van der Waals surface area contributed by atoms with Crippen molar-refractivity contribution in [3.05, 3.63) is 259 Å². The standard InChI is InChI=1S/C24H27N5O4.C21H21ClN4O4.2C21H22N4O4/c1-33-19-8-6-18(7-9-19)27-12-14-28(15-13-27)23(31)10-11-25-22(30)16-29-17-26-21-5-3-2-4-20(21)24(29)32;1-13-9-17(18(30-2)10-15(13)22)25-19(27)7-8-23-20(28)11-26-12-24-16-6-4-3-5-14(16)21(26)29;1-14-7-8-18(29-2)17(11-14)24-19(26)9-10-22-20(27)12-25-13-23-16-6-4-3-5-15(16)21(25)28;1-2-29-18-10-6-5-9-17(18)24-19(26)11-12-22-20(27)13-25-14-23-16-8-4-3-7-15(16)21(25)28/h2-9,17H,10-16H2,1H3,(H,25,30);3-6,9-10,12H,7-8,11H2,1-2H3,(H,23,28)(H,25,27);3-8,11,13H,9-10,12H2,1-2H3,(H,22,27)(H,24,26);3-10,14H,2,11-13H2,1H3,(H,22,27)(H,24,26). The van der Waals surface area contributed by atoms with Gasteiger partial charge in [0.2, 0.25) is 47.3 Å². The Hall–Kier alpha value is -14.6. The molecule has 33 nitrogen and oxygen atoms in total. The molecule has 7 N–H and O–H groups in total. The fourth-order valence-corrected chi connectivity index (χ4v) is 12.6. The molecule has 1 saturated heterocycles. The van der Waals surface area contributed by atoms with Crippen LogP contribution in [-0.4, -0.2) is 171 Å².